The smallest absolute Gasteiger partial charge is 0.328 e. The molecule has 1 saturated carbocycles. The van der Waals surface area contributed by atoms with Gasteiger partial charge in [0.15, 0.2) is 0 Å². The first-order chi connectivity index (χ1) is 8.63. The molecule has 96 valence electrons. The van der Waals surface area contributed by atoms with Gasteiger partial charge in [0, 0.05) is 6.08 Å². The first kappa shape index (κ1) is 12.7. The van der Waals surface area contributed by atoms with Crippen molar-refractivity contribution in [2.45, 2.75) is 38.7 Å². The molecule has 1 aliphatic rings. The minimum atomic E-state index is -0.844. The van der Waals surface area contributed by atoms with Gasteiger partial charge in [0.2, 0.25) is 0 Å². The number of hydrogen-bond acceptors (Lipinski definition) is 2. The molecular formula is C15H18O3. The molecule has 3 heteroatoms. The second-order valence-corrected chi connectivity index (χ2v) is 4.77. The highest BCUT2D eigenvalue weighted by Gasteiger charge is 2.18. The number of benzene rings is 1. The summed E-state index contributed by atoms with van der Waals surface area (Å²) < 4.78 is 5.91. The molecule has 0 bridgehead atoms. The van der Waals surface area contributed by atoms with Gasteiger partial charge >= 0.3 is 5.97 Å². The summed E-state index contributed by atoms with van der Waals surface area (Å²) in [7, 11) is 0. The quantitative estimate of drug-likeness (QED) is 0.832. The molecule has 1 aliphatic carbocycles. The van der Waals surface area contributed by atoms with Gasteiger partial charge in [0.25, 0.3) is 0 Å². The molecule has 0 unspecified atom stereocenters. The Labute approximate surface area is 107 Å². The Kier molecular flexibility index (Phi) is 4.03. The standard InChI is InChI=1S/C15H18O3/c1-11-3-2-4-14(9-11)18-13-7-5-12(6-8-13)10-15(16)17/h2-4,9-10,13H,5-8H2,1H3,(H,16,17). The summed E-state index contributed by atoms with van der Waals surface area (Å²) in [6.07, 6.45) is 4.98. The van der Waals surface area contributed by atoms with Crippen molar-refractivity contribution in [3.63, 3.8) is 0 Å². The number of carboxylic acid groups (broad SMARTS) is 1. The van der Waals surface area contributed by atoms with E-state index in [1.807, 2.05) is 31.2 Å². The number of rotatable bonds is 3. The maximum atomic E-state index is 10.6. The van der Waals surface area contributed by atoms with Gasteiger partial charge in [0.1, 0.15) is 5.75 Å². The van der Waals surface area contributed by atoms with Gasteiger partial charge < -0.3 is 9.84 Å². The zero-order chi connectivity index (χ0) is 13.0. The highest BCUT2D eigenvalue weighted by Crippen LogP contribution is 2.27. The summed E-state index contributed by atoms with van der Waals surface area (Å²) in [6.45, 7) is 2.04. The second-order valence-electron chi connectivity index (χ2n) is 4.77. The highest BCUT2D eigenvalue weighted by molar-refractivity contribution is 5.80. The van der Waals surface area contributed by atoms with E-state index in [4.69, 9.17) is 9.84 Å². The molecule has 0 amide bonds. The minimum absolute atomic E-state index is 0.206. The number of carboxylic acids is 1. The number of ether oxygens (including phenoxy) is 1. The fourth-order valence-electron chi connectivity index (χ4n) is 2.28. The van der Waals surface area contributed by atoms with Crippen molar-refractivity contribution in [2.24, 2.45) is 0 Å². The predicted molar refractivity (Wildman–Crippen MR) is 69.8 cm³/mol. The van der Waals surface area contributed by atoms with E-state index in [-0.39, 0.29) is 6.10 Å². The van der Waals surface area contributed by atoms with Crippen LogP contribution in [-0.4, -0.2) is 17.2 Å². The Morgan fingerprint density at radius 1 is 1.39 bits per heavy atom. The predicted octanol–water partition coefficient (Wildman–Crippen LogP) is 3.33. The Balaban J connectivity index is 1.89. The van der Waals surface area contributed by atoms with Gasteiger partial charge in [-0.3, -0.25) is 0 Å². The van der Waals surface area contributed by atoms with Gasteiger partial charge in [-0.25, -0.2) is 4.79 Å². The Hall–Kier alpha value is -1.77. The largest absolute Gasteiger partial charge is 0.490 e. The highest BCUT2D eigenvalue weighted by atomic mass is 16.5. The van der Waals surface area contributed by atoms with Gasteiger partial charge in [-0.15, -0.1) is 0 Å². The molecule has 0 spiro atoms. The van der Waals surface area contributed by atoms with Crippen molar-refractivity contribution in [1.29, 1.82) is 0 Å². The number of hydrogen-bond donors (Lipinski definition) is 1. The first-order valence-corrected chi connectivity index (χ1v) is 6.29. The molecule has 2 rings (SSSR count). The molecule has 1 aromatic rings. The van der Waals surface area contributed by atoms with E-state index in [1.54, 1.807) is 0 Å². The van der Waals surface area contributed by atoms with Crippen molar-refractivity contribution in [2.75, 3.05) is 0 Å². The van der Waals surface area contributed by atoms with Crippen LogP contribution in [0.3, 0.4) is 0 Å². The summed E-state index contributed by atoms with van der Waals surface area (Å²) in [4.78, 5) is 10.6. The second kappa shape index (κ2) is 5.71. The maximum absolute atomic E-state index is 10.6. The van der Waals surface area contributed by atoms with Crippen LogP contribution >= 0.6 is 0 Å². The molecule has 0 aliphatic heterocycles. The zero-order valence-electron chi connectivity index (χ0n) is 10.6. The Morgan fingerprint density at radius 3 is 2.72 bits per heavy atom. The molecule has 1 aromatic carbocycles. The van der Waals surface area contributed by atoms with Crippen LogP contribution < -0.4 is 4.74 Å². The van der Waals surface area contributed by atoms with Crippen molar-refractivity contribution in [1.82, 2.24) is 0 Å². The number of carbonyl (C=O) groups is 1. The van der Waals surface area contributed by atoms with Crippen molar-refractivity contribution in [3.05, 3.63) is 41.5 Å². The van der Waals surface area contributed by atoms with Crippen LogP contribution in [0.4, 0.5) is 0 Å². The third kappa shape index (κ3) is 3.62. The van der Waals surface area contributed by atoms with E-state index in [1.165, 1.54) is 11.6 Å². The molecule has 18 heavy (non-hydrogen) atoms. The summed E-state index contributed by atoms with van der Waals surface area (Å²) >= 11 is 0. The van der Waals surface area contributed by atoms with Crippen LogP contribution in [0.1, 0.15) is 31.2 Å². The number of allylic oxidation sites excluding steroid dienone is 1. The monoisotopic (exact) mass is 246 g/mol. The third-order valence-corrected chi connectivity index (χ3v) is 3.19. The Morgan fingerprint density at radius 2 is 2.11 bits per heavy atom. The lowest BCUT2D eigenvalue weighted by Crippen LogP contribution is -2.21. The average molecular weight is 246 g/mol. The van der Waals surface area contributed by atoms with E-state index < -0.39 is 5.97 Å². The van der Waals surface area contributed by atoms with E-state index in [0.29, 0.717) is 0 Å². The van der Waals surface area contributed by atoms with Gasteiger partial charge in [-0.05, 0) is 50.3 Å². The van der Waals surface area contributed by atoms with Crippen LogP contribution in [0.5, 0.6) is 5.75 Å². The van der Waals surface area contributed by atoms with Gasteiger partial charge in [-0.1, -0.05) is 17.7 Å². The van der Waals surface area contributed by atoms with E-state index in [2.05, 4.69) is 0 Å². The van der Waals surface area contributed by atoms with Crippen LogP contribution in [0.2, 0.25) is 0 Å². The van der Waals surface area contributed by atoms with Crippen LogP contribution in [0, 0.1) is 6.92 Å². The van der Waals surface area contributed by atoms with Crippen LogP contribution in [0.15, 0.2) is 35.9 Å². The molecule has 0 radical (unpaired) electrons. The van der Waals surface area contributed by atoms with Crippen molar-refractivity contribution >= 4 is 5.97 Å². The number of aliphatic carboxylic acids is 1. The summed E-state index contributed by atoms with van der Waals surface area (Å²) in [5.74, 6) is 0.0636. The molecule has 1 fully saturated rings. The molecule has 0 atom stereocenters. The normalized spacial score (nSPS) is 19.4. The molecular weight excluding hydrogens is 228 g/mol. The molecule has 3 nitrogen and oxygen atoms in total. The SMILES string of the molecule is Cc1cccc(OC2CCC(=CC(=O)O)CC2)c1. The molecule has 0 heterocycles. The molecule has 1 N–H and O–H groups in total. The lowest BCUT2D eigenvalue weighted by molar-refractivity contribution is -0.131. The summed E-state index contributed by atoms with van der Waals surface area (Å²) in [5, 5.41) is 8.69. The fourth-order valence-corrected chi connectivity index (χ4v) is 2.28. The minimum Gasteiger partial charge on any atom is -0.490 e. The van der Waals surface area contributed by atoms with E-state index in [9.17, 15) is 4.79 Å². The van der Waals surface area contributed by atoms with Crippen LogP contribution in [0.25, 0.3) is 0 Å². The Bertz CT molecular complexity index is 453. The van der Waals surface area contributed by atoms with Crippen molar-refractivity contribution in [3.8, 4) is 5.75 Å². The topological polar surface area (TPSA) is 46.5 Å². The fraction of sp³-hybridized carbons (Fsp3) is 0.400. The average Bonchev–Trinajstić information content (AvgIpc) is 2.31. The van der Waals surface area contributed by atoms with Crippen molar-refractivity contribution < 1.29 is 14.6 Å². The lowest BCUT2D eigenvalue weighted by atomic mass is 9.92. The molecule has 0 saturated heterocycles. The third-order valence-electron chi connectivity index (χ3n) is 3.19. The van der Waals surface area contributed by atoms with E-state index in [0.717, 1.165) is 37.0 Å². The van der Waals surface area contributed by atoms with Gasteiger partial charge in [-0.2, -0.15) is 0 Å². The van der Waals surface area contributed by atoms with Gasteiger partial charge in [0.05, 0.1) is 6.10 Å². The zero-order valence-corrected chi connectivity index (χ0v) is 10.6. The maximum Gasteiger partial charge on any atom is 0.328 e. The summed E-state index contributed by atoms with van der Waals surface area (Å²) in [5.41, 5.74) is 2.21. The molecule has 0 aromatic heterocycles. The summed E-state index contributed by atoms with van der Waals surface area (Å²) in [6, 6.07) is 8.03. The van der Waals surface area contributed by atoms with Crippen LogP contribution in [-0.2, 0) is 4.79 Å². The van der Waals surface area contributed by atoms with E-state index >= 15 is 0 Å². The number of aryl methyl sites for hydroxylation is 1. The lowest BCUT2D eigenvalue weighted by Gasteiger charge is -2.24. The first-order valence-electron chi connectivity index (χ1n) is 6.29.